The quantitative estimate of drug-likeness (QED) is 0.920. The van der Waals surface area contributed by atoms with E-state index in [9.17, 15) is 4.79 Å². The molecule has 0 saturated heterocycles. The molecule has 0 aromatic heterocycles. The molecule has 0 aliphatic carbocycles. The van der Waals surface area contributed by atoms with E-state index in [1.54, 1.807) is 39.0 Å². The second kappa shape index (κ2) is 7.16. The predicted molar refractivity (Wildman–Crippen MR) is 80.2 cm³/mol. The van der Waals surface area contributed by atoms with Crippen LogP contribution >= 0.6 is 23.2 Å². The third-order valence-electron chi connectivity index (χ3n) is 2.38. The van der Waals surface area contributed by atoms with Crippen molar-refractivity contribution in [1.29, 1.82) is 0 Å². The monoisotopic (exact) mass is 319 g/mol. The number of benzene rings is 1. The fourth-order valence-electron chi connectivity index (χ4n) is 1.54. The Kier molecular flexibility index (Phi) is 6.11. The summed E-state index contributed by atoms with van der Waals surface area (Å²) in [7, 11) is 0. The molecule has 4 nitrogen and oxygen atoms in total. The summed E-state index contributed by atoms with van der Waals surface area (Å²) < 4.78 is 5.30. The van der Waals surface area contributed by atoms with Crippen molar-refractivity contribution in [2.24, 2.45) is 0 Å². The lowest BCUT2D eigenvalue weighted by Gasteiger charge is -2.27. The number of hydrogen-bond donors (Lipinski definition) is 1. The first-order chi connectivity index (χ1) is 9.23. The van der Waals surface area contributed by atoms with Crippen molar-refractivity contribution in [3.63, 3.8) is 0 Å². The number of aliphatic hydroxyl groups is 1. The fraction of sp³-hybridized carbons (Fsp3) is 0.500. The van der Waals surface area contributed by atoms with Gasteiger partial charge in [-0.3, -0.25) is 0 Å². The maximum Gasteiger partial charge on any atom is 0.410 e. The molecule has 1 N–H and O–H groups in total. The Hall–Kier alpha value is -0.970. The van der Waals surface area contributed by atoms with Crippen LogP contribution in [0, 0.1) is 0 Å². The molecule has 0 saturated carbocycles. The zero-order valence-electron chi connectivity index (χ0n) is 11.8. The lowest BCUT2D eigenvalue weighted by molar-refractivity contribution is 0.0201. The van der Waals surface area contributed by atoms with E-state index in [4.69, 9.17) is 33.0 Å². The SMILES string of the molecule is CC(C)(C)OC(=O)N(CCO)Cc1ccc(Cl)c(Cl)c1. The molecule has 0 unspecified atom stereocenters. The van der Waals surface area contributed by atoms with E-state index in [0.717, 1.165) is 5.56 Å². The predicted octanol–water partition coefficient (Wildman–Crippen LogP) is 3.72. The summed E-state index contributed by atoms with van der Waals surface area (Å²) in [5.74, 6) is 0. The standard InChI is InChI=1S/C14H19Cl2NO3/c1-14(2,3)20-13(19)17(6-7-18)9-10-4-5-11(15)12(16)8-10/h4-5,8,18H,6-7,9H2,1-3H3. The molecule has 112 valence electrons. The molecule has 0 aliphatic rings. The molecule has 1 amide bonds. The maximum atomic E-state index is 12.0. The second-order valence-corrected chi connectivity index (χ2v) is 6.19. The van der Waals surface area contributed by atoms with Crippen LogP contribution in [0.15, 0.2) is 18.2 Å². The Labute approximate surface area is 129 Å². The molecule has 6 heteroatoms. The number of ether oxygens (including phenoxy) is 1. The van der Waals surface area contributed by atoms with Gasteiger partial charge in [0.05, 0.1) is 16.7 Å². The molecule has 0 aliphatic heterocycles. The molecule has 0 bridgehead atoms. The Bertz CT molecular complexity index is 472. The van der Waals surface area contributed by atoms with Crippen LogP contribution in [0.1, 0.15) is 26.3 Å². The second-order valence-electron chi connectivity index (χ2n) is 5.37. The number of nitrogens with zero attached hydrogens (tertiary/aromatic N) is 1. The zero-order valence-corrected chi connectivity index (χ0v) is 13.3. The highest BCUT2D eigenvalue weighted by Crippen LogP contribution is 2.23. The molecule has 20 heavy (non-hydrogen) atoms. The molecule has 0 radical (unpaired) electrons. The topological polar surface area (TPSA) is 49.8 Å². The molecule has 0 spiro atoms. The van der Waals surface area contributed by atoms with Crippen LogP contribution < -0.4 is 0 Å². The van der Waals surface area contributed by atoms with Crippen molar-refractivity contribution in [2.75, 3.05) is 13.2 Å². The number of amides is 1. The molecule has 1 aromatic rings. The van der Waals surface area contributed by atoms with Crippen molar-refractivity contribution in [1.82, 2.24) is 4.90 Å². The van der Waals surface area contributed by atoms with Crippen LogP contribution in [0.3, 0.4) is 0 Å². The number of carbonyl (C=O) groups is 1. The van der Waals surface area contributed by atoms with Gasteiger partial charge in [0.2, 0.25) is 0 Å². The average Bonchev–Trinajstić information content (AvgIpc) is 2.31. The summed E-state index contributed by atoms with van der Waals surface area (Å²) in [5, 5.41) is 9.95. The van der Waals surface area contributed by atoms with E-state index in [-0.39, 0.29) is 13.2 Å². The summed E-state index contributed by atoms with van der Waals surface area (Å²) in [5.41, 5.74) is 0.237. The van der Waals surface area contributed by atoms with Crippen molar-refractivity contribution in [2.45, 2.75) is 32.9 Å². The summed E-state index contributed by atoms with van der Waals surface area (Å²) >= 11 is 11.8. The Morgan fingerprint density at radius 2 is 1.95 bits per heavy atom. The summed E-state index contributed by atoms with van der Waals surface area (Å²) in [4.78, 5) is 13.5. The van der Waals surface area contributed by atoms with Crippen LogP contribution in [0.5, 0.6) is 0 Å². The molecular weight excluding hydrogens is 301 g/mol. The van der Waals surface area contributed by atoms with E-state index < -0.39 is 11.7 Å². The van der Waals surface area contributed by atoms with Gasteiger partial charge in [-0.1, -0.05) is 29.3 Å². The number of halogens is 2. The average molecular weight is 320 g/mol. The third kappa shape index (κ3) is 5.57. The van der Waals surface area contributed by atoms with E-state index >= 15 is 0 Å². The van der Waals surface area contributed by atoms with Gasteiger partial charge in [-0.25, -0.2) is 4.79 Å². The van der Waals surface area contributed by atoms with Crippen molar-refractivity contribution < 1.29 is 14.6 Å². The molecule has 0 heterocycles. The number of aliphatic hydroxyl groups excluding tert-OH is 1. The van der Waals surface area contributed by atoms with Crippen LogP contribution in [-0.4, -0.2) is 34.9 Å². The van der Waals surface area contributed by atoms with Crippen molar-refractivity contribution >= 4 is 29.3 Å². The van der Waals surface area contributed by atoms with Gasteiger partial charge in [0.25, 0.3) is 0 Å². The smallest absolute Gasteiger partial charge is 0.410 e. The summed E-state index contributed by atoms with van der Waals surface area (Å²) in [6.45, 7) is 5.73. The lowest BCUT2D eigenvalue weighted by atomic mass is 10.2. The highest BCUT2D eigenvalue weighted by Gasteiger charge is 2.22. The minimum absolute atomic E-state index is 0.138. The Balaban J connectivity index is 2.80. The number of carbonyl (C=O) groups excluding carboxylic acids is 1. The number of hydrogen-bond acceptors (Lipinski definition) is 3. The molecule has 1 aromatic carbocycles. The van der Waals surface area contributed by atoms with E-state index in [0.29, 0.717) is 16.6 Å². The highest BCUT2D eigenvalue weighted by molar-refractivity contribution is 6.42. The largest absolute Gasteiger partial charge is 0.444 e. The highest BCUT2D eigenvalue weighted by atomic mass is 35.5. The normalized spacial score (nSPS) is 11.3. The van der Waals surface area contributed by atoms with Gasteiger partial charge in [0.15, 0.2) is 0 Å². The van der Waals surface area contributed by atoms with Gasteiger partial charge >= 0.3 is 6.09 Å². The maximum absolute atomic E-state index is 12.0. The van der Waals surface area contributed by atoms with Crippen molar-refractivity contribution in [3.05, 3.63) is 33.8 Å². The first-order valence-corrected chi connectivity index (χ1v) is 7.01. The minimum atomic E-state index is -0.581. The first-order valence-electron chi connectivity index (χ1n) is 6.25. The van der Waals surface area contributed by atoms with E-state index in [2.05, 4.69) is 0 Å². The van der Waals surface area contributed by atoms with Gasteiger partial charge in [-0.05, 0) is 38.5 Å². The minimum Gasteiger partial charge on any atom is -0.444 e. The van der Waals surface area contributed by atoms with Crippen LogP contribution in [0.2, 0.25) is 10.0 Å². The summed E-state index contributed by atoms with van der Waals surface area (Å²) in [6.07, 6.45) is -0.474. The zero-order chi connectivity index (χ0) is 15.3. The van der Waals surface area contributed by atoms with Gasteiger partial charge in [0.1, 0.15) is 5.60 Å². The molecule has 0 fully saturated rings. The van der Waals surface area contributed by atoms with Crippen molar-refractivity contribution in [3.8, 4) is 0 Å². The number of rotatable bonds is 4. The molecular formula is C14H19Cl2NO3. The van der Waals surface area contributed by atoms with Crippen LogP contribution in [0.25, 0.3) is 0 Å². The first kappa shape index (κ1) is 17.1. The Morgan fingerprint density at radius 1 is 1.30 bits per heavy atom. The van der Waals surface area contributed by atoms with E-state index in [1.807, 2.05) is 0 Å². The van der Waals surface area contributed by atoms with Gasteiger partial charge in [0, 0.05) is 13.1 Å². The fourth-order valence-corrected chi connectivity index (χ4v) is 1.86. The lowest BCUT2D eigenvalue weighted by Crippen LogP contribution is -2.38. The van der Waals surface area contributed by atoms with Gasteiger partial charge in [-0.15, -0.1) is 0 Å². The third-order valence-corrected chi connectivity index (χ3v) is 3.12. The summed E-state index contributed by atoms with van der Waals surface area (Å²) in [6, 6.07) is 5.15. The Morgan fingerprint density at radius 3 is 2.45 bits per heavy atom. The van der Waals surface area contributed by atoms with Gasteiger partial charge in [-0.2, -0.15) is 0 Å². The van der Waals surface area contributed by atoms with E-state index in [1.165, 1.54) is 4.90 Å². The molecule has 1 rings (SSSR count). The van der Waals surface area contributed by atoms with Crippen LogP contribution in [-0.2, 0) is 11.3 Å². The van der Waals surface area contributed by atoms with Gasteiger partial charge < -0.3 is 14.7 Å². The van der Waals surface area contributed by atoms with Crippen LogP contribution in [0.4, 0.5) is 4.79 Å². The molecule has 0 atom stereocenters.